The summed E-state index contributed by atoms with van der Waals surface area (Å²) < 4.78 is 68.0. The number of rotatable bonds is 3. The quantitative estimate of drug-likeness (QED) is 0.754. The van der Waals surface area contributed by atoms with Crippen LogP contribution in [0.2, 0.25) is 0 Å². The van der Waals surface area contributed by atoms with E-state index in [9.17, 15) is 0 Å². The SMILES string of the molecule is [2H]c1nc(C([2H])([2H])OC([2H])([2H])[2H])c([2H])nc1B1OC(C)(C)C(C)(C)O1. The number of methoxy groups -OCH3 is 1. The van der Waals surface area contributed by atoms with Gasteiger partial charge in [0, 0.05) is 13.2 Å². The zero-order valence-electron chi connectivity index (χ0n) is 17.7. The average Bonchev–Trinajstić information content (AvgIpc) is 2.57. The van der Waals surface area contributed by atoms with Crippen molar-refractivity contribution in [3.8, 4) is 0 Å². The van der Waals surface area contributed by atoms with Crippen LogP contribution in [0.5, 0.6) is 0 Å². The van der Waals surface area contributed by atoms with Crippen LogP contribution in [0, 0.1) is 0 Å². The fourth-order valence-electron chi connectivity index (χ4n) is 1.43. The predicted molar refractivity (Wildman–Crippen MR) is 68.5 cm³/mol. The molecule has 6 heteroatoms. The standard InChI is InChI=1S/C12H19BN2O3/c1-11(2)12(3,4)18-13(17-11)10-7-14-9(6-15-10)8-16-5/h6-7H,8H2,1-5H3/i5D3,6D,7D,8D2. The van der Waals surface area contributed by atoms with Crippen molar-refractivity contribution in [3.05, 3.63) is 18.0 Å². The Morgan fingerprint density at radius 2 is 2.00 bits per heavy atom. The average molecular weight is 257 g/mol. The minimum atomic E-state index is -3.04. The van der Waals surface area contributed by atoms with Gasteiger partial charge in [-0.25, -0.2) is 0 Å². The van der Waals surface area contributed by atoms with Crippen LogP contribution >= 0.6 is 0 Å². The summed E-state index contributed by atoms with van der Waals surface area (Å²) in [5, 5.41) is 0. The molecule has 2 heterocycles. The largest absolute Gasteiger partial charge is 0.516 e. The fourth-order valence-corrected chi connectivity index (χ4v) is 1.43. The van der Waals surface area contributed by atoms with Crippen LogP contribution in [0.3, 0.4) is 0 Å². The van der Waals surface area contributed by atoms with Gasteiger partial charge in [0.1, 0.15) is 0 Å². The van der Waals surface area contributed by atoms with Gasteiger partial charge >= 0.3 is 7.12 Å². The Balaban J connectivity index is 2.39. The summed E-state index contributed by atoms with van der Waals surface area (Å²) in [6.07, 6.45) is -1.14. The summed E-state index contributed by atoms with van der Waals surface area (Å²) in [6.45, 7) is 4.33. The minimum absolute atomic E-state index is 0.0860. The summed E-state index contributed by atoms with van der Waals surface area (Å²) in [5.41, 5.74) is -2.16. The van der Waals surface area contributed by atoms with Gasteiger partial charge in [-0.15, -0.1) is 0 Å². The topological polar surface area (TPSA) is 53.5 Å². The van der Waals surface area contributed by atoms with Gasteiger partial charge in [0.05, 0.1) is 44.8 Å². The summed E-state index contributed by atoms with van der Waals surface area (Å²) in [6, 6.07) is 0. The second kappa shape index (κ2) is 4.61. The number of hydrogen-bond acceptors (Lipinski definition) is 5. The monoisotopic (exact) mass is 257 g/mol. The predicted octanol–water partition coefficient (Wildman–Crippen LogP) is 0.922. The van der Waals surface area contributed by atoms with Crippen LogP contribution in [0.4, 0.5) is 0 Å². The Hall–Kier alpha value is -0.975. The first-order chi connectivity index (χ1) is 11.1. The molecule has 0 radical (unpaired) electrons. The van der Waals surface area contributed by atoms with Crippen molar-refractivity contribution >= 4 is 12.7 Å². The first-order valence-corrected chi connectivity index (χ1v) is 5.47. The highest BCUT2D eigenvalue weighted by Gasteiger charge is 2.52. The molecule has 0 bridgehead atoms. The summed E-state index contributed by atoms with van der Waals surface area (Å²) >= 11 is 0. The van der Waals surface area contributed by atoms with Crippen molar-refractivity contribution in [1.29, 1.82) is 0 Å². The van der Waals surface area contributed by atoms with Crippen LogP contribution in [0.1, 0.15) is 43.0 Å². The first-order valence-electron chi connectivity index (χ1n) is 8.97. The van der Waals surface area contributed by atoms with E-state index in [2.05, 4.69) is 14.7 Å². The molecule has 0 N–H and O–H groups in total. The Morgan fingerprint density at radius 3 is 2.61 bits per heavy atom. The molecule has 0 aromatic carbocycles. The molecule has 1 saturated heterocycles. The van der Waals surface area contributed by atoms with E-state index in [4.69, 9.17) is 18.9 Å². The Bertz CT molecular complexity index is 665. The van der Waals surface area contributed by atoms with Crippen LogP contribution in [0.25, 0.3) is 0 Å². The molecule has 0 unspecified atom stereocenters. The number of aromatic nitrogens is 2. The molecule has 1 aromatic heterocycles. The van der Waals surface area contributed by atoms with E-state index in [1.807, 2.05) is 27.7 Å². The molecule has 0 atom stereocenters. The molecular weight excluding hydrogens is 231 g/mol. The highest BCUT2D eigenvalue weighted by atomic mass is 16.7. The lowest BCUT2D eigenvalue weighted by Crippen LogP contribution is -2.41. The number of ether oxygens (including phenoxy) is 1. The Kier molecular flexibility index (Phi) is 1.79. The van der Waals surface area contributed by atoms with E-state index in [-0.39, 0.29) is 5.59 Å². The van der Waals surface area contributed by atoms with Gasteiger partial charge < -0.3 is 14.0 Å². The Labute approximate surface area is 118 Å². The second-order valence-electron chi connectivity index (χ2n) is 4.97. The minimum Gasteiger partial charge on any atom is -0.398 e. The molecule has 1 aliphatic rings. The van der Waals surface area contributed by atoms with Crippen LogP contribution in [-0.4, -0.2) is 35.3 Å². The Morgan fingerprint density at radius 1 is 1.33 bits per heavy atom. The molecule has 1 fully saturated rings. The summed E-state index contributed by atoms with van der Waals surface area (Å²) in [7, 11) is -4.08. The lowest BCUT2D eigenvalue weighted by Gasteiger charge is -2.32. The molecule has 0 aliphatic carbocycles. The van der Waals surface area contributed by atoms with Crippen LogP contribution in [-0.2, 0) is 20.6 Å². The highest BCUT2D eigenvalue weighted by molar-refractivity contribution is 6.61. The molecule has 0 spiro atoms. The van der Waals surface area contributed by atoms with E-state index < -0.39 is 50.0 Å². The van der Waals surface area contributed by atoms with Gasteiger partial charge in [0.15, 0.2) is 0 Å². The van der Waals surface area contributed by atoms with E-state index >= 15 is 0 Å². The third-order valence-corrected chi connectivity index (χ3v) is 3.19. The fraction of sp³-hybridized carbons (Fsp3) is 0.667. The second-order valence-corrected chi connectivity index (χ2v) is 4.97. The van der Waals surface area contributed by atoms with Crippen molar-refractivity contribution in [2.24, 2.45) is 0 Å². The van der Waals surface area contributed by atoms with Gasteiger partial charge in [-0.2, -0.15) is 0 Å². The normalized spacial score (nSPS) is 28.4. The van der Waals surface area contributed by atoms with E-state index in [1.54, 1.807) is 0 Å². The van der Waals surface area contributed by atoms with Crippen molar-refractivity contribution in [2.75, 3.05) is 7.04 Å². The molecule has 0 amide bonds. The zero-order valence-corrected chi connectivity index (χ0v) is 10.7. The van der Waals surface area contributed by atoms with E-state index in [0.717, 1.165) is 0 Å². The van der Waals surface area contributed by atoms with Gasteiger partial charge in [-0.1, -0.05) is 0 Å². The molecule has 5 nitrogen and oxygen atoms in total. The zero-order chi connectivity index (χ0) is 19.4. The molecule has 0 saturated carbocycles. The van der Waals surface area contributed by atoms with Crippen molar-refractivity contribution in [1.82, 2.24) is 9.97 Å². The molecular formula is C12H19BN2O3. The van der Waals surface area contributed by atoms with Gasteiger partial charge in [-0.05, 0) is 27.7 Å². The first kappa shape index (κ1) is 6.98. The van der Waals surface area contributed by atoms with Gasteiger partial charge in [-0.3, -0.25) is 9.97 Å². The van der Waals surface area contributed by atoms with Crippen LogP contribution in [0.15, 0.2) is 12.3 Å². The molecule has 98 valence electrons. The summed E-state index contributed by atoms with van der Waals surface area (Å²) in [4.78, 5) is 7.52. The van der Waals surface area contributed by atoms with Crippen molar-refractivity contribution < 1.29 is 23.6 Å². The lowest BCUT2D eigenvalue weighted by molar-refractivity contribution is 0.00578. The molecule has 1 aliphatic heterocycles. The van der Waals surface area contributed by atoms with Gasteiger partial charge in [0.25, 0.3) is 0 Å². The number of nitrogens with zero attached hydrogens (tertiary/aromatic N) is 2. The van der Waals surface area contributed by atoms with Crippen LogP contribution < -0.4 is 5.59 Å². The number of hydrogen-bond donors (Lipinski definition) is 0. The lowest BCUT2D eigenvalue weighted by atomic mass is 9.85. The van der Waals surface area contributed by atoms with Crippen molar-refractivity contribution in [2.45, 2.75) is 45.5 Å². The summed E-state index contributed by atoms with van der Waals surface area (Å²) in [5.74, 6) is 0. The van der Waals surface area contributed by atoms with E-state index in [1.165, 1.54) is 0 Å². The highest BCUT2D eigenvalue weighted by Crippen LogP contribution is 2.36. The van der Waals surface area contributed by atoms with Gasteiger partial charge in [0.2, 0.25) is 0 Å². The third kappa shape index (κ3) is 2.41. The van der Waals surface area contributed by atoms with Crippen molar-refractivity contribution in [3.63, 3.8) is 0 Å². The smallest absolute Gasteiger partial charge is 0.398 e. The molecule has 2 rings (SSSR count). The third-order valence-electron chi connectivity index (χ3n) is 3.19. The maximum absolute atomic E-state index is 7.96. The maximum atomic E-state index is 7.96. The maximum Gasteiger partial charge on any atom is 0.516 e. The molecule has 1 aromatic rings. The molecule has 18 heavy (non-hydrogen) atoms. The van der Waals surface area contributed by atoms with E-state index in [0.29, 0.717) is 0 Å².